The minimum atomic E-state index is -0.544. The maximum atomic E-state index is 12.4. The quantitative estimate of drug-likeness (QED) is 0.128. The predicted molar refractivity (Wildman–Crippen MR) is 140 cm³/mol. The molecule has 10 heteroatoms. The van der Waals surface area contributed by atoms with Gasteiger partial charge in [-0.05, 0) is 66.6 Å². The third kappa shape index (κ3) is 8.08. The number of esters is 1. The molecule has 3 rings (SSSR count). The molecule has 0 saturated heterocycles. The van der Waals surface area contributed by atoms with E-state index in [1.165, 1.54) is 26.5 Å². The van der Waals surface area contributed by atoms with Gasteiger partial charge in [-0.15, -0.1) is 0 Å². The second-order valence-corrected chi connectivity index (χ2v) is 8.07. The summed E-state index contributed by atoms with van der Waals surface area (Å²) in [6, 6.07) is 18.1. The monoisotopic (exact) mass is 523 g/mol. The third-order valence-electron chi connectivity index (χ3n) is 5.10. The molecule has 2 N–H and O–H groups in total. The number of halogens is 1. The maximum absolute atomic E-state index is 12.4. The van der Waals surface area contributed by atoms with E-state index in [0.29, 0.717) is 51.9 Å². The van der Waals surface area contributed by atoms with Crippen LogP contribution in [0.25, 0.3) is 0 Å². The number of hydrogen-bond donors (Lipinski definition) is 2. The Balaban J connectivity index is 1.40. The zero-order valence-electron chi connectivity index (χ0n) is 20.3. The Hall–Kier alpha value is -4.37. The van der Waals surface area contributed by atoms with Crippen LogP contribution in [-0.4, -0.2) is 44.8 Å². The van der Waals surface area contributed by atoms with Crippen LogP contribution in [0, 0.1) is 0 Å². The van der Waals surface area contributed by atoms with Gasteiger partial charge in [0, 0.05) is 13.0 Å². The number of carbonyl (C=O) groups excluding carboxylic acids is 3. The number of nitrogens with zero attached hydrogens (tertiary/aromatic N) is 1. The van der Waals surface area contributed by atoms with Gasteiger partial charge in [-0.25, -0.2) is 10.2 Å². The topological polar surface area (TPSA) is 115 Å². The smallest absolute Gasteiger partial charge is 0.343 e. The summed E-state index contributed by atoms with van der Waals surface area (Å²) in [5.41, 5.74) is 3.83. The first-order valence-electron chi connectivity index (χ1n) is 11.3. The molecule has 2 amide bonds. The zero-order valence-corrected chi connectivity index (χ0v) is 21.1. The number of nitrogens with one attached hydrogen (secondary N) is 2. The number of hydrogen-bond acceptors (Lipinski definition) is 7. The molecule has 0 aliphatic heterocycles. The van der Waals surface area contributed by atoms with Crippen molar-refractivity contribution in [3.63, 3.8) is 0 Å². The van der Waals surface area contributed by atoms with E-state index in [0.717, 1.165) is 0 Å². The summed E-state index contributed by atoms with van der Waals surface area (Å²) in [5.74, 6) is 0.158. The van der Waals surface area contributed by atoms with E-state index in [1.54, 1.807) is 60.7 Å². The molecule has 37 heavy (non-hydrogen) atoms. The van der Waals surface area contributed by atoms with Crippen LogP contribution in [0.3, 0.4) is 0 Å². The highest BCUT2D eigenvalue weighted by molar-refractivity contribution is 6.33. The number of hydrazone groups is 1. The molecule has 0 aromatic heterocycles. The molecule has 0 radical (unpaired) electrons. The largest absolute Gasteiger partial charge is 0.493 e. The molecule has 0 fully saturated rings. The average molecular weight is 524 g/mol. The van der Waals surface area contributed by atoms with Gasteiger partial charge in [-0.3, -0.25) is 9.59 Å². The van der Waals surface area contributed by atoms with Crippen LogP contribution in [0.4, 0.5) is 0 Å². The van der Waals surface area contributed by atoms with Gasteiger partial charge in [-0.1, -0.05) is 23.7 Å². The Kier molecular flexibility index (Phi) is 10.0. The van der Waals surface area contributed by atoms with Crippen molar-refractivity contribution < 1.29 is 28.6 Å². The molecule has 0 bridgehead atoms. The second kappa shape index (κ2) is 13.6. The Morgan fingerprint density at radius 2 is 1.68 bits per heavy atom. The van der Waals surface area contributed by atoms with Crippen molar-refractivity contribution in [3.05, 3.63) is 88.4 Å². The average Bonchev–Trinajstić information content (AvgIpc) is 2.91. The van der Waals surface area contributed by atoms with Gasteiger partial charge in [-0.2, -0.15) is 5.10 Å². The highest BCUT2D eigenvalue weighted by Crippen LogP contribution is 2.28. The Bertz CT molecular complexity index is 1280. The summed E-state index contributed by atoms with van der Waals surface area (Å²) < 4.78 is 15.8. The molecule has 0 atom stereocenters. The van der Waals surface area contributed by atoms with Crippen molar-refractivity contribution in [2.45, 2.75) is 12.8 Å². The molecule has 0 saturated carbocycles. The lowest BCUT2D eigenvalue weighted by Crippen LogP contribution is -2.26. The van der Waals surface area contributed by atoms with E-state index in [1.807, 2.05) is 0 Å². The molecular formula is C27H26ClN3O6. The van der Waals surface area contributed by atoms with E-state index >= 15 is 0 Å². The number of rotatable bonds is 11. The molecule has 0 heterocycles. The van der Waals surface area contributed by atoms with Crippen LogP contribution in [0.1, 0.15) is 39.1 Å². The number of carbonyl (C=O) groups is 3. The number of amides is 2. The van der Waals surface area contributed by atoms with Gasteiger partial charge in [0.2, 0.25) is 5.91 Å². The number of methoxy groups -OCH3 is 2. The third-order valence-corrected chi connectivity index (χ3v) is 5.43. The van der Waals surface area contributed by atoms with Crippen molar-refractivity contribution >= 4 is 35.6 Å². The molecule has 3 aromatic rings. The van der Waals surface area contributed by atoms with Gasteiger partial charge in [0.05, 0.1) is 36.6 Å². The van der Waals surface area contributed by atoms with Crippen molar-refractivity contribution in [1.82, 2.24) is 10.7 Å². The molecule has 0 aliphatic rings. The zero-order chi connectivity index (χ0) is 26.6. The summed E-state index contributed by atoms with van der Waals surface area (Å²) >= 11 is 6.00. The van der Waals surface area contributed by atoms with E-state index < -0.39 is 5.97 Å². The predicted octanol–water partition coefficient (Wildman–Crippen LogP) is 4.24. The standard InChI is InChI=1S/C27H26ClN3O6/c1-35-23-14-11-19(16-24(23)36-2)27(34)37-20-12-9-18(10-13-20)17-30-31-25(32)8-5-15-29-26(33)21-6-3-4-7-22(21)28/h3-4,6-7,9-14,16-17H,5,8,15H2,1-2H3,(H,29,33)(H,31,32). The molecule has 3 aromatic carbocycles. The second-order valence-electron chi connectivity index (χ2n) is 7.66. The molecule has 9 nitrogen and oxygen atoms in total. The van der Waals surface area contributed by atoms with E-state index in [4.69, 9.17) is 25.8 Å². The fraction of sp³-hybridized carbons (Fsp3) is 0.185. The first-order chi connectivity index (χ1) is 17.9. The van der Waals surface area contributed by atoms with Gasteiger partial charge in [0.25, 0.3) is 5.91 Å². The van der Waals surface area contributed by atoms with Gasteiger partial charge in [0.1, 0.15) is 5.75 Å². The molecule has 0 aliphatic carbocycles. The Morgan fingerprint density at radius 3 is 2.38 bits per heavy atom. The van der Waals surface area contributed by atoms with Crippen molar-refractivity contribution in [1.29, 1.82) is 0 Å². The minimum absolute atomic E-state index is 0.186. The SMILES string of the molecule is COc1ccc(C(=O)Oc2ccc(C=NNC(=O)CCCNC(=O)c3ccccc3Cl)cc2)cc1OC. The molecule has 192 valence electrons. The maximum Gasteiger partial charge on any atom is 0.343 e. The van der Waals surface area contributed by atoms with Crippen LogP contribution in [0.2, 0.25) is 5.02 Å². The first kappa shape index (κ1) is 27.2. The van der Waals surface area contributed by atoms with Gasteiger partial charge < -0.3 is 19.5 Å². The van der Waals surface area contributed by atoms with Crippen LogP contribution in [-0.2, 0) is 4.79 Å². The van der Waals surface area contributed by atoms with Crippen LogP contribution in [0.5, 0.6) is 17.2 Å². The lowest BCUT2D eigenvalue weighted by atomic mass is 10.2. The minimum Gasteiger partial charge on any atom is -0.493 e. The first-order valence-corrected chi connectivity index (χ1v) is 11.7. The van der Waals surface area contributed by atoms with E-state index in [2.05, 4.69) is 15.8 Å². The highest BCUT2D eigenvalue weighted by Gasteiger charge is 2.13. The van der Waals surface area contributed by atoms with Crippen molar-refractivity contribution in [2.24, 2.45) is 5.10 Å². The van der Waals surface area contributed by atoms with Crippen LogP contribution >= 0.6 is 11.6 Å². The molecule has 0 unspecified atom stereocenters. The Morgan fingerprint density at radius 1 is 0.946 bits per heavy atom. The number of ether oxygens (including phenoxy) is 3. The van der Waals surface area contributed by atoms with Crippen LogP contribution in [0.15, 0.2) is 71.8 Å². The van der Waals surface area contributed by atoms with E-state index in [9.17, 15) is 14.4 Å². The lowest BCUT2D eigenvalue weighted by molar-refractivity contribution is -0.121. The highest BCUT2D eigenvalue weighted by atomic mass is 35.5. The summed E-state index contributed by atoms with van der Waals surface area (Å²) in [7, 11) is 3.00. The van der Waals surface area contributed by atoms with Crippen molar-refractivity contribution in [3.8, 4) is 17.2 Å². The summed E-state index contributed by atoms with van der Waals surface area (Å²) in [4.78, 5) is 36.5. The van der Waals surface area contributed by atoms with Crippen molar-refractivity contribution in [2.75, 3.05) is 20.8 Å². The fourth-order valence-electron chi connectivity index (χ4n) is 3.18. The lowest BCUT2D eigenvalue weighted by Gasteiger charge is -2.09. The van der Waals surface area contributed by atoms with Crippen LogP contribution < -0.4 is 25.0 Å². The number of benzene rings is 3. The fourth-order valence-corrected chi connectivity index (χ4v) is 3.40. The molecule has 0 spiro atoms. The van der Waals surface area contributed by atoms with E-state index in [-0.39, 0.29) is 18.2 Å². The van der Waals surface area contributed by atoms with Gasteiger partial charge >= 0.3 is 5.97 Å². The summed E-state index contributed by atoms with van der Waals surface area (Å²) in [5, 5.41) is 7.02. The Labute approximate surface area is 219 Å². The normalized spacial score (nSPS) is 10.6. The molecular weight excluding hydrogens is 498 g/mol. The van der Waals surface area contributed by atoms with Gasteiger partial charge in [0.15, 0.2) is 11.5 Å². The summed E-state index contributed by atoms with van der Waals surface area (Å²) in [6.07, 6.45) is 2.10. The summed E-state index contributed by atoms with van der Waals surface area (Å²) in [6.45, 7) is 0.324.